The number of furan rings is 1. The molecule has 3 aromatic rings. The highest BCUT2D eigenvalue weighted by atomic mass is 35.5. The Morgan fingerprint density at radius 1 is 1.18 bits per heavy atom. The standard InChI is InChI=1S/C24H19Cl2N3O4/c1-3-32-24(31)20-21(26)19(33-23(20)28-17-9-6-8-16(25)12-17)11-15(13-27)22(30)29-18-10-5-4-7-14(18)2/h4-12,28H,3H2,1-2H3,(H,29,30)/b15-11+. The molecule has 7 nitrogen and oxygen atoms in total. The van der Waals surface area contributed by atoms with Crippen molar-refractivity contribution in [3.63, 3.8) is 0 Å². The first-order chi connectivity index (χ1) is 15.8. The van der Waals surface area contributed by atoms with Gasteiger partial charge in [0.2, 0.25) is 5.88 Å². The molecule has 0 fully saturated rings. The molecule has 168 valence electrons. The molecule has 0 bridgehead atoms. The minimum absolute atomic E-state index is 0.0106. The molecule has 33 heavy (non-hydrogen) atoms. The molecule has 0 radical (unpaired) electrons. The van der Waals surface area contributed by atoms with E-state index >= 15 is 0 Å². The highest BCUT2D eigenvalue weighted by molar-refractivity contribution is 6.36. The SMILES string of the molecule is CCOC(=O)c1c(Nc2cccc(Cl)c2)oc(/C=C(\C#N)C(=O)Nc2ccccc2C)c1Cl. The zero-order valence-corrected chi connectivity index (χ0v) is 19.3. The van der Waals surface area contributed by atoms with E-state index in [-0.39, 0.29) is 34.4 Å². The van der Waals surface area contributed by atoms with Gasteiger partial charge in [0.1, 0.15) is 22.2 Å². The fourth-order valence-corrected chi connectivity index (χ4v) is 3.32. The molecule has 0 saturated heterocycles. The molecule has 0 aliphatic rings. The number of carbonyl (C=O) groups excluding carboxylic acids is 2. The Morgan fingerprint density at radius 3 is 2.61 bits per heavy atom. The summed E-state index contributed by atoms with van der Waals surface area (Å²) in [5, 5.41) is 15.5. The van der Waals surface area contributed by atoms with Crippen LogP contribution in [0, 0.1) is 18.3 Å². The highest BCUT2D eigenvalue weighted by Crippen LogP contribution is 2.36. The number of amides is 1. The number of rotatable bonds is 7. The van der Waals surface area contributed by atoms with Gasteiger partial charge in [-0.2, -0.15) is 5.26 Å². The van der Waals surface area contributed by atoms with Crippen LogP contribution in [0.3, 0.4) is 0 Å². The molecule has 3 rings (SSSR count). The highest BCUT2D eigenvalue weighted by Gasteiger charge is 2.26. The van der Waals surface area contributed by atoms with Gasteiger partial charge < -0.3 is 19.8 Å². The number of nitrogens with one attached hydrogen (secondary N) is 2. The van der Waals surface area contributed by atoms with Gasteiger partial charge in [0, 0.05) is 22.5 Å². The van der Waals surface area contributed by atoms with Crippen molar-refractivity contribution in [1.29, 1.82) is 5.26 Å². The summed E-state index contributed by atoms with van der Waals surface area (Å²) in [5.41, 5.74) is 1.59. The van der Waals surface area contributed by atoms with Gasteiger partial charge in [-0.15, -0.1) is 0 Å². The van der Waals surface area contributed by atoms with E-state index in [1.54, 1.807) is 43.3 Å². The second-order valence-electron chi connectivity index (χ2n) is 6.78. The second kappa shape index (κ2) is 10.7. The van der Waals surface area contributed by atoms with E-state index in [1.807, 2.05) is 25.1 Å². The van der Waals surface area contributed by atoms with E-state index in [0.717, 1.165) is 5.56 Å². The van der Waals surface area contributed by atoms with Crippen LogP contribution in [0.2, 0.25) is 10.0 Å². The largest absolute Gasteiger partial charge is 0.462 e. The molecule has 2 aromatic carbocycles. The lowest BCUT2D eigenvalue weighted by Gasteiger charge is -2.07. The molecule has 2 N–H and O–H groups in total. The molecule has 1 aromatic heterocycles. The Hall–Kier alpha value is -3.73. The summed E-state index contributed by atoms with van der Waals surface area (Å²) in [5.74, 6) is -1.44. The van der Waals surface area contributed by atoms with Crippen LogP contribution >= 0.6 is 23.2 Å². The first-order valence-corrected chi connectivity index (χ1v) is 10.6. The van der Waals surface area contributed by atoms with E-state index in [9.17, 15) is 14.9 Å². The Kier molecular flexibility index (Phi) is 7.78. The quantitative estimate of drug-likeness (QED) is 0.230. The molecule has 1 amide bonds. The number of halogens is 2. The second-order valence-corrected chi connectivity index (χ2v) is 7.59. The fraction of sp³-hybridized carbons (Fsp3) is 0.125. The summed E-state index contributed by atoms with van der Waals surface area (Å²) in [7, 11) is 0. The number of esters is 1. The average Bonchev–Trinajstić information content (AvgIpc) is 3.08. The van der Waals surface area contributed by atoms with Crippen LogP contribution < -0.4 is 10.6 Å². The lowest BCUT2D eigenvalue weighted by molar-refractivity contribution is -0.112. The van der Waals surface area contributed by atoms with Gasteiger partial charge >= 0.3 is 5.97 Å². The number of hydrogen-bond donors (Lipinski definition) is 2. The van der Waals surface area contributed by atoms with Crippen molar-refractivity contribution in [1.82, 2.24) is 0 Å². The molecule has 0 saturated carbocycles. The number of hydrogen-bond acceptors (Lipinski definition) is 6. The molecule has 0 aliphatic heterocycles. The molecule has 0 spiro atoms. The number of aryl methyl sites for hydroxylation is 1. The Balaban J connectivity index is 1.99. The van der Waals surface area contributed by atoms with Crippen LogP contribution in [0.5, 0.6) is 0 Å². The normalized spacial score (nSPS) is 10.9. The zero-order valence-electron chi connectivity index (χ0n) is 17.7. The third-order valence-electron chi connectivity index (χ3n) is 4.47. The van der Waals surface area contributed by atoms with Gasteiger partial charge in [0.25, 0.3) is 5.91 Å². The monoisotopic (exact) mass is 483 g/mol. The van der Waals surface area contributed by atoms with Gasteiger partial charge in [-0.05, 0) is 43.7 Å². The van der Waals surface area contributed by atoms with Gasteiger partial charge in [-0.25, -0.2) is 4.79 Å². The average molecular weight is 484 g/mol. The maximum Gasteiger partial charge on any atom is 0.345 e. The Bertz CT molecular complexity index is 1270. The van der Waals surface area contributed by atoms with Crippen LogP contribution in [0.15, 0.2) is 58.5 Å². The minimum atomic E-state index is -0.724. The number of benzene rings is 2. The first kappa shape index (κ1) is 23.9. The van der Waals surface area contributed by atoms with E-state index in [2.05, 4.69) is 10.6 Å². The zero-order chi connectivity index (χ0) is 24.0. The van der Waals surface area contributed by atoms with Crippen molar-refractivity contribution in [2.45, 2.75) is 13.8 Å². The van der Waals surface area contributed by atoms with E-state index in [1.165, 1.54) is 6.08 Å². The summed E-state index contributed by atoms with van der Waals surface area (Å²) >= 11 is 12.4. The predicted octanol–water partition coefficient (Wildman–Crippen LogP) is 6.36. The smallest absolute Gasteiger partial charge is 0.345 e. The van der Waals surface area contributed by atoms with Gasteiger partial charge in [-0.1, -0.05) is 47.5 Å². The van der Waals surface area contributed by atoms with Crippen molar-refractivity contribution < 1.29 is 18.7 Å². The third kappa shape index (κ3) is 5.75. The van der Waals surface area contributed by atoms with E-state index < -0.39 is 11.9 Å². The van der Waals surface area contributed by atoms with Gasteiger partial charge in [0.05, 0.1) is 6.61 Å². The molecule has 0 aliphatic carbocycles. The van der Waals surface area contributed by atoms with Crippen LogP contribution in [0.4, 0.5) is 17.3 Å². The number of nitriles is 1. The third-order valence-corrected chi connectivity index (χ3v) is 5.08. The lowest BCUT2D eigenvalue weighted by Crippen LogP contribution is -2.14. The molecule has 9 heteroatoms. The van der Waals surface area contributed by atoms with Crippen molar-refractivity contribution in [2.24, 2.45) is 0 Å². The Labute approximate surface area is 200 Å². The lowest BCUT2D eigenvalue weighted by atomic mass is 10.1. The van der Waals surface area contributed by atoms with Crippen LogP contribution in [0.1, 0.15) is 28.6 Å². The van der Waals surface area contributed by atoms with Crippen molar-refractivity contribution in [3.05, 3.63) is 81.0 Å². The fourth-order valence-electron chi connectivity index (χ4n) is 2.87. The molecule has 0 unspecified atom stereocenters. The number of anilines is 3. The minimum Gasteiger partial charge on any atom is -0.462 e. The number of nitrogens with zero attached hydrogens (tertiary/aromatic N) is 1. The summed E-state index contributed by atoms with van der Waals surface area (Å²) in [6, 6.07) is 15.7. The number of para-hydroxylation sites is 1. The van der Waals surface area contributed by atoms with Crippen LogP contribution in [-0.2, 0) is 9.53 Å². The molecular formula is C24H19Cl2N3O4. The van der Waals surface area contributed by atoms with Crippen molar-refractivity contribution in [3.8, 4) is 6.07 Å². The maximum atomic E-state index is 12.7. The Morgan fingerprint density at radius 2 is 1.94 bits per heavy atom. The molecule has 1 heterocycles. The topological polar surface area (TPSA) is 104 Å². The van der Waals surface area contributed by atoms with Crippen LogP contribution in [0.25, 0.3) is 6.08 Å². The van der Waals surface area contributed by atoms with Crippen molar-refractivity contribution >= 4 is 58.4 Å². The summed E-state index contributed by atoms with van der Waals surface area (Å²) < 4.78 is 10.8. The summed E-state index contributed by atoms with van der Waals surface area (Å²) in [6.07, 6.45) is 1.17. The molecular weight excluding hydrogens is 465 g/mol. The van der Waals surface area contributed by atoms with Gasteiger partial charge in [-0.3, -0.25) is 4.79 Å². The molecule has 0 atom stereocenters. The predicted molar refractivity (Wildman–Crippen MR) is 128 cm³/mol. The van der Waals surface area contributed by atoms with Gasteiger partial charge in [0.15, 0.2) is 5.76 Å². The van der Waals surface area contributed by atoms with Crippen LogP contribution in [-0.4, -0.2) is 18.5 Å². The summed E-state index contributed by atoms with van der Waals surface area (Å²) in [6.45, 7) is 3.60. The summed E-state index contributed by atoms with van der Waals surface area (Å²) in [4.78, 5) is 25.2. The first-order valence-electron chi connectivity index (χ1n) is 9.84. The maximum absolute atomic E-state index is 12.7. The van der Waals surface area contributed by atoms with Crippen molar-refractivity contribution in [2.75, 3.05) is 17.2 Å². The number of carbonyl (C=O) groups is 2. The van der Waals surface area contributed by atoms with E-state index in [0.29, 0.717) is 16.4 Å². The number of ether oxygens (including phenoxy) is 1. The van der Waals surface area contributed by atoms with E-state index in [4.69, 9.17) is 32.4 Å².